The zero-order chi connectivity index (χ0) is 12.1. The molecule has 1 aromatic heterocycles. The van der Waals surface area contributed by atoms with E-state index >= 15 is 0 Å². The molecule has 1 aliphatic rings. The van der Waals surface area contributed by atoms with E-state index < -0.39 is 0 Å². The molecule has 94 valence electrons. The predicted molar refractivity (Wildman–Crippen MR) is 71.9 cm³/mol. The molecule has 0 radical (unpaired) electrons. The van der Waals surface area contributed by atoms with Gasteiger partial charge in [-0.2, -0.15) is 0 Å². The van der Waals surface area contributed by atoms with Crippen LogP contribution in [0.4, 0.5) is 5.82 Å². The SMILES string of the molecule is CCN(CCCCl)c1ncnc2c1CCCC2. The maximum absolute atomic E-state index is 5.77. The fourth-order valence-electron chi connectivity index (χ4n) is 2.44. The van der Waals surface area contributed by atoms with Gasteiger partial charge in [0.1, 0.15) is 12.1 Å². The Morgan fingerprint density at radius 1 is 1.29 bits per heavy atom. The highest BCUT2D eigenvalue weighted by Gasteiger charge is 2.18. The fraction of sp³-hybridized carbons (Fsp3) is 0.692. The van der Waals surface area contributed by atoms with Gasteiger partial charge >= 0.3 is 0 Å². The first-order valence-electron chi connectivity index (χ1n) is 6.50. The molecule has 0 N–H and O–H groups in total. The summed E-state index contributed by atoms with van der Waals surface area (Å²) in [5.74, 6) is 1.85. The molecular formula is C13H20ClN3. The second kappa shape index (κ2) is 6.20. The van der Waals surface area contributed by atoms with Crippen LogP contribution in [0.15, 0.2) is 6.33 Å². The molecule has 0 bridgehead atoms. The van der Waals surface area contributed by atoms with Crippen LogP contribution < -0.4 is 4.90 Å². The van der Waals surface area contributed by atoms with Gasteiger partial charge in [-0.25, -0.2) is 9.97 Å². The molecule has 0 atom stereocenters. The summed E-state index contributed by atoms with van der Waals surface area (Å²) in [7, 11) is 0. The fourth-order valence-corrected chi connectivity index (χ4v) is 2.56. The van der Waals surface area contributed by atoms with Crippen LogP contribution in [0.3, 0.4) is 0 Å². The molecule has 0 fully saturated rings. The van der Waals surface area contributed by atoms with Gasteiger partial charge in [-0.15, -0.1) is 11.6 Å². The third-order valence-electron chi connectivity index (χ3n) is 3.35. The molecule has 4 heteroatoms. The van der Waals surface area contributed by atoms with E-state index in [0.29, 0.717) is 5.88 Å². The van der Waals surface area contributed by atoms with Crippen molar-refractivity contribution in [3.05, 3.63) is 17.6 Å². The average molecular weight is 254 g/mol. The normalized spacial score (nSPS) is 14.5. The summed E-state index contributed by atoms with van der Waals surface area (Å²) < 4.78 is 0. The van der Waals surface area contributed by atoms with Crippen LogP contribution in [0.25, 0.3) is 0 Å². The summed E-state index contributed by atoms with van der Waals surface area (Å²) >= 11 is 5.77. The van der Waals surface area contributed by atoms with E-state index in [4.69, 9.17) is 11.6 Å². The number of aryl methyl sites for hydroxylation is 1. The molecule has 0 unspecified atom stereocenters. The van der Waals surface area contributed by atoms with Crippen molar-refractivity contribution in [2.75, 3.05) is 23.9 Å². The van der Waals surface area contributed by atoms with Crippen molar-refractivity contribution >= 4 is 17.4 Å². The van der Waals surface area contributed by atoms with E-state index in [0.717, 1.165) is 38.2 Å². The van der Waals surface area contributed by atoms with Gasteiger partial charge < -0.3 is 4.90 Å². The number of hydrogen-bond donors (Lipinski definition) is 0. The third-order valence-corrected chi connectivity index (χ3v) is 3.61. The summed E-state index contributed by atoms with van der Waals surface area (Å²) in [6.45, 7) is 4.15. The molecule has 0 aromatic carbocycles. The average Bonchev–Trinajstić information content (AvgIpc) is 2.40. The number of aromatic nitrogens is 2. The number of anilines is 1. The van der Waals surface area contributed by atoms with E-state index in [1.165, 1.54) is 24.1 Å². The molecule has 0 aliphatic heterocycles. The van der Waals surface area contributed by atoms with Crippen molar-refractivity contribution < 1.29 is 0 Å². The zero-order valence-electron chi connectivity index (χ0n) is 10.5. The molecule has 0 saturated carbocycles. The molecular weight excluding hydrogens is 234 g/mol. The van der Waals surface area contributed by atoms with Crippen LogP contribution in [0, 0.1) is 0 Å². The number of rotatable bonds is 5. The van der Waals surface area contributed by atoms with E-state index in [9.17, 15) is 0 Å². The smallest absolute Gasteiger partial charge is 0.135 e. The number of nitrogens with zero attached hydrogens (tertiary/aromatic N) is 3. The third kappa shape index (κ3) is 2.89. The number of alkyl halides is 1. The molecule has 0 spiro atoms. The van der Waals surface area contributed by atoms with Gasteiger partial charge in [-0.05, 0) is 39.0 Å². The van der Waals surface area contributed by atoms with Gasteiger partial charge in [0.25, 0.3) is 0 Å². The van der Waals surface area contributed by atoms with Gasteiger partial charge in [0.15, 0.2) is 0 Å². The highest BCUT2D eigenvalue weighted by Crippen LogP contribution is 2.26. The van der Waals surface area contributed by atoms with Gasteiger partial charge in [0, 0.05) is 30.2 Å². The Morgan fingerprint density at radius 2 is 2.12 bits per heavy atom. The lowest BCUT2D eigenvalue weighted by Gasteiger charge is -2.26. The molecule has 1 heterocycles. The van der Waals surface area contributed by atoms with Crippen molar-refractivity contribution in [2.45, 2.75) is 39.0 Å². The Labute approximate surface area is 108 Å². The number of hydrogen-bond acceptors (Lipinski definition) is 3. The lowest BCUT2D eigenvalue weighted by Crippen LogP contribution is -2.27. The van der Waals surface area contributed by atoms with E-state index in [1.807, 2.05) is 0 Å². The highest BCUT2D eigenvalue weighted by molar-refractivity contribution is 6.17. The maximum atomic E-state index is 5.77. The lowest BCUT2D eigenvalue weighted by molar-refractivity contribution is 0.653. The van der Waals surface area contributed by atoms with Crippen LogP contribution >= 0.6 is 11.6 Å². The minimum absolute atomic E-state index is 0.712. The largest absolute Gasteiger partial charge is 0.357 e. The van der Waals surface area contributed by atoms with Crippen LogP contribution in [-0.4, -0.2) is 28.9 Å². The zero-order valence-corrected chi connectivity index (χ0v) is 11.2. The second-order valence-corrected chi connectivity index (χ2v) is 4.83. The Kier molecular flexibility index (Phi) is 4.60. The highest BCUT2D eigenvalue weighted by atomic mass is 35.5. The van der Waals surface area contributed by atoms with Gasteiger partial charge in [0.2, 0.25) is 0 Å². The maximum Gasteiger partial charge on any atom is 0.135 e. The van der Waals surface area contributed by atoms with Gasteiger partial charge in [0.05, 0.1) is 0 Å². The summed E-state index contributed by atoms with van der Waals surface area (Å²) in [6, 6.07) is 0. The van der Waals surface area contributed by atoms with Gasteiger partial charge in [-0.3, -0.25) is 0 Å². The van der Waals surface area contributed by atoms with Crippen LogP contribution in [-0.2, 0) is 12.8 Å². The Hall–Kier alpha value is -0.830. The lowest BCUT2D eigenvalue weighted by atomic mass is 9.96. The number of halogens is 1. The Bertz CT molecular complexity index is 368. The first-order chi connectivity index (χ1) is 8.36. The van der Waals surface area contributed by atoms with Crippen LogP contribution in [0.5, 0.6) is 0 Å². The summed E-state index contributed by atoms with van der Waals surface area (Å²) in [5.41, 5.74) is 2.63. The standard InChI is InChI=1S/C13H20ClN3/c1-2-17(9-5-8-14)13-11-6-3-4-7-12(11)15-10-16-13/h10H,2-9H2,1H3. The number of fused-ring (bicyclic) bond motifs is 1. The van der Waals surface area contributed by atoms with Crippen molar-refractivity contribution in [1.82, 2.24) is 9.97 Å². The van der Waals surface area contributed by atoms with Gasteiger partial charge in [-0.1, -0.05) is 0 Å². The monoisotopic (exact) mass is 253 g/mol. The summed E-state index contributed by atoms with van der Waals surface area (Å²) in [6.07, 6.45) is 7.48. The van der Waals surface area contributed by atoms with Crippen molar-refractivity contribution in [2.24, 2.45) is 0 Å². The molecule has 0 saturated heterocycles. The van der Waals surface area contributed by atoms with E-state index in [-0.39, 0.29) is 0 Å². The first kappa shape index (κ1) is 12.6. The Balaban J connectivity index is 2.23. The molecule has 1 aliphatic carbocycles. The van der Waals surface area contributed by atoms with Crippen molar-refractivity contribution in [3.8, 4) is 0 Å². The second-order valence-electron chi connectivity index (χ2n) is 4.45. The molecule has 17 heavy (non-hydrogen) atoms. The summed E-state index contributed by atoms with van der Waals surface area (Å²) in [5, 5.41) is 0. The minimum Gasteiger partial charge on any atom is -0.357 e. The van der Waals surface area contributed by atoms with E-state index in [1.54, 1.807) is 6.33 Å². The molecule has 2 rings (SSSR count). The first-order valence-corrected chi connectivity index (χ1v) is 7.04. The van der Waals surface area contributed by atoms with E-state index in [2.05, 4.69) is 21.8 Å². The van der Waals surface area contributed by atoms with Crippen molar-refractivity contribution in [3.63, 3.8) is 0 Å². The topological polar surface area (TPSA) is 29.0 Å². The minimum atomic E-state index is 0.712. The predicted octanol–water partition coefficient (Wildman–Crippen LogP) is 2.81. The quantitative estimate of drug-likeness (QED) is 0.756. The molecule has 0 amide bonds. The van der Waals surface area contributed by atoms with Crippen molar-refractivity contribution in [1.29, 1.82) is 0 Å². The Morgan fingerprint density at radius 3 is 2.88 bits per heavy atom. The molecule has 1 aromatic rings. The summed E-state index contributed by atoms with van der Waals surface area (Å²) in [4.78, 5) is 11.2. The molecule has 3 nitrogen and oxygen atoms in total. The van der Waals surface area contributed by atoms with Crippen LogP contribution in [0.1, 0.15) is 37.4 Å². The van der Waals surface area contributed by atoms with Crippen LogP contribution in [0.2, 0.25) is 0 Å².